The minimum absolute atomic E-state index is 0.899. The minimum atomic E-state index is 0.899. The van der Waals surface area contributed by atoms with Crippen molar-refractivity contribution in [2.75, 3.05) is 4.90 Å². The van der Waals surface area contributed by atoms with Crippen molar-refractivity contribution in [1.29, 1.82) is 0 Å². The van der Waals surface area contributed by atoms with Gasteiger partial charge in [0.05, 0.1) is 22.4 Å². The van der Waals surface area contributed by atoms with Crippen LogP contribution >= 0.6 is 0 Å². The predicted octanol–water partition coefficient (Wildman–Crippen LogP) is 18.5. The van der Waals surface area contributed by atoms with E-state index in [1.54, 1.807) is 0 Å². The Bertz CT molecular complexity index is 3940. The molecule has 0 amide bonds. The van der Waals surface area contributed by atoms with Crippen LogP contribution in [0.4, 0.5) is 17.1 Å². The van der Waals surface area contributed by atoms with Crippen molar-refractivity contribution in [2.45, 2.75) is 0 Å². The summed E-state index contributed by atoms with van der Waals surface area (Å²) in [7, 11) is 0. The Labute approximate surface area is 401 Å². The summed E-state index contributed by atoms with van der Waals surface area (Å²) < 4.78 is 8.88. The van der Waals surface area contributed by atoms with E-state index in [0.717, 1.165) is 72.4 Å². The van der Waals surface area contributed by atoms with Gasteiger partial charge in [0.15, 0.2) is 0 Å². The molecule has 0 unspecified atom stereocenters. The SMILES string of the molecule is c1ccc(-c2cccc(-c3ccccc3N(c3ccc(-c4ccc(-c5ccccc5-n5c6ccccc6c6ccccc65)cc4)cc3)c3ccc(-c4cccc5c4oc4ccccc45)cc3)c2)cc1. The zero-order valence-electron chi connectivity index (χ0n) is 37.7. The summed E-state index contributed by atoms with van der Waals surface area (Å²) in [6.07, 6.45) is 0. The summed E-state index contributed by atoms with van der Waals surface area (Å²) in [5.41, 5.74) is 20.1. The molecule has 0 spiro atoms. The van der Waals surface area contributed by atoms with E-state index in [-0.39, 0.29) is 0 Å². The van der Waals surface area contributed by atoms with Gasteiger partial charge >= 0.3 is 0 Å². The molecule has 0 saturated heterocycles. The van der Waals surface area contributed by atoms with E-state index in [2.05, 4.69) is 264 Å². The lowest BCUT2D eigenvalue weighted by atomic mass is 9.96. The molecule has 0 saturated carbocycles. The third-order valence-electron chi connectivity index (χ3n) is 13.6. The van der Waals surface area contributed by atoms with Crippen LogP contribution in [0, 0.1) is 0 Å². The van der Waals surface area contributed by atoms with Gasteiger partial charge in [0.2, 0.25) is 0 Å². The fraction of sp³-hybridized carbons (Fsp3) is 0. The van der Waals surface area contributed by atoms with Crippen LogP contribution < -0.4 is 4.90 Å². The maximum atomic E-state index is 6.47. The summed E-state index contributed by atoms with van der Waals surface area (Å²) in [5.74, 6) is 0. The Morgan fingerprint density at radius 1 is 0.290 bits per heavy atom. The van der Waals surface area contributed by atoms with Gasteiger partial charge in [-0.2, -0.15) is 0 Å². The summed E-state index contributed by atoms with van der Waals surface area (Å²) >= 11 is 0. The second kappa shape index (κ2) is 16.9. The van der Waals surface area contributed by atoms with Crippen molar-refractivity contribution < 1.29 is 4.42 Å². The van der Waals surface area contributed by atoms with Crippen LogP contribution in [0.25, 0.3) is 105 Å². The van der Waals surface area contributed by atoms with Crippen LogP contribution in [0.3, 0.4) is 0 Å². The van der Waals surface area contributed by atoms with E-state index in [0.29, 0.717) is 0 Å². The van der Waals surface area contributed by atoms with Crippen LogP contribution in [-0.2, 0) is 0 Å². The Balaban J connectivity index is 0.878. The molecule has 0 fully saturated rings. The van der Waals surface area contributed by atoms with Crippen LogP contribution in [0.2, 0.25) is 0 Å². The van der Waals surface area contributed by atoms with Gasteiger partial charge in [0.25, 0.3) is 0 Å². The molecule has 3 nitrogen and oxygen atoms in total. The van der Waals surface area contributed by atoms with Crippen molar-refractivity contribution in [3.63, 3.8) is 0 Å². The average molecular weight is 881 g/mol. The maximum absolute atomic E-state index is 6.47. The number of benzene rings is 11. The van der Waals surface area contributed by atoms with E-state index < -0.39 is 0 Å². The van der Waals surface area contributed by atoms with Crippen LogP contribution in [0.1, 0.15) is 0 Å². The molecule has 13 rings (SSSR count). The van der Waals surface area contributed by atoms with E-state index in [9.17, 15) is 0 Å². The van der Waals surface area contributed by atoms with Crippen molar-refractivity contribution in [3.8, 4) is 61.3 Å². The van der Waals surface area contributed by atoms with Crippen molar-refractivity contribution in [3.05, 3.63) is 267 Å². The third kappa shape index (κ3) is 7.08. The fourth-order valence-electron chi connectivity index (χ4n) is 10.3. The van der Waals surface area contributed by atoms with Crippen molar-refractivity contribution >= 4 is 60.8 Å². The monoisotopic (exact) mass is 880 g/mol. The number of fused-ring (bicyclic) bond motifs is 6. The number of aromatic nitrogens is 1. The summed E-state index contributed by atoms with van der Waals surface area (Å²) in [4.78, 5) is 2.38. The van der Waals surface area contributed by atoms with Gasteiger partial charge in [-0.3, -0.25) is 0 Å². The van der Waals surface area contributed by atoms with Crippen molar-refractivity contribution in [2.24, 2.45) is 0 Å². The average Bonchev–Trinajstić information content (AvgIpc) is 3.98. The highest BCUT2D eigenvalue weighted by molar-refractivity contribution is 6.11. The largest absolute Gasteiger partial charge is 0.455 e. The molecular formula is C66H44N2O. The number of rotatable bonds is 9. The predicted molar refractivity (Wildman–Crippen MR) is 290 cm³/mol. The lowest BCUT2D eigenvalue weighted by Crippen LogP contribution is -2.11. The maximum Gasteiger partial charge on any atom is 0.143 e. The molecule has 13 aromatic rings. The molecule has 2 heterocycles. The highest BCUT2D eigenvalue weighted by Crippen LogP contribution is 2.44. The number of hydrogen-bond donors (Lipinski definition) is 0. The Morgan fingerprint density at radius 3 is 1.48 bits per heavy atom. The number of anilines is 3. The molecular weight excluding hydrogens is 837 g/mol. The zero-order valence-corrected chi connectivity index (χ0v) is 37.7. The molecule has 0 bridgehead atoms. The van der Waals surface area contributed by atoms with Gasteiger partial charge in [-0.25, -0.2) is 0 Å². The van der Waals surface area contributed by atoms with E-state index in [4.69, 9.17) is 4.42 Å². The molecule has 69 heavy (non-hydrogen) atoms. The Morgan fingerprint density at radius 2 is 0.754 bits per heavy atom. The summed E-state index contributed by atoms with van der Waals surface area (Å²) in [6, 6.07) is 96.0. The first-order chi connectivity index (χ1) is 34.2. The molecule has 0 aliphatic carbocycles. The van der Waals surface area contributed by atoms with Crippen molar-refractivity contribution in [1.82, 2.24) is 4.57 Å². The second-order valence-electron chi connectivity index (χ2n) is 17.6. The highest BCUT2D eigenvalue weighted by atomic mass is 16.3. The van der Waals surface area contributed by atoms with Gasteiger partial charge in [-0.05, 0) is 99.6 Å². The summed E-state index contributed by atoms with van der Waals surface area (Å²) in [5, 5.41) is 4.77. The number of nitrogens with zero attached hydrogens (tertiary/aromatic N) is 2. The lowest BCUT2D eigenvalue weighted by Gasteiger charge is -2.28. The second-order valence-corrected chi connectivity index (χ2v) is 17.6. The first-order valence-corrected chi connectivity index (χ1v) is 23.6. The number of hydrogen-bond acceptors (Lipinski definition) is 2. The standard InChI is InChI=1S/C66H44N2O/c1-2-16-45(17-3-1)50-18-14-19-51(44-50)55-21-5-9-27-61(55)67(53-42-38-49(39-43-53)56-25-15-26-60-59-24-8-13-31-65(59)69-66(56)60)52-40-36-47(37-41-52)46-32-34-48(35-33-46)54-20-4-10-28-62(54)68-63-29-11-6-22-57(63)58-23-7-12-30-64(58)68/h1-44H. The molecule has 324 valence electrons. The van der Waals surface area contributed by atoms with E-state index in [1.807, 2.05) is 12.1 Å². The lowest BCUT2D eigenvalue weighted by molar-refractivity contribution is 0.670. The third-order valence-corrected chi connectivity index (χ3v) is 13.6. The van der Waals surface area contributed by atoms with Crippen LogP contribution in [0.5, 0.6) is 0 Å². The van der Waals surface area contributed by atoms with E-state index in [1.165, 1.54) is 49.7 Å². The molecule has 11 aromatic carbocycles. The number of furan rings is 1. The number of para-hydroxylation sites is 6. The van der Waals surface area contributed by atoms with Gasteiger partial charge in [-0.1, -0.05) is 206 Å². The van der Waals surface area contributed by atoms with E-state index >= 15 is 0 Å². The van der Waals surface area contributed by atoms with Crippen LogP contribution in [0.15, 0.2) is 271 Å². The van der Waals surface area contributed by atoms with Gasteiger partial charge < -0.3 is 13.9 Å². The minimum Gasteiger partial charge on any atom is -0.455 e. The topological polar surface area (TPSA) is 21.3 Å². The smallest absolute Gasteiger partial charge is 0.143 e. The van der Waals surface area contributed by atoms with Gasteiger partial charge in [0, 0.05) is 49.6 Å². The molecule has 0 N–H and O–H groups in total. The molecule has 0 atom stereocenters. The normalized spacial score (nSPS) is 11.5. The Kier molecular flexibility index (Phi) is 9.84. The first-order valence-electron chi connectivity index (χ1n) is 23.6. The Hall–Kier alpha value is -9.18. The quantitative estimate of drug-likeness (QED) is 0.144. The molecule has 0 aliphatic rings. The summed E-state index contributed by atoms with van der Waals surface area (Å²) in [6.45, 7) is 0. The van der Waals surface area contributed by atoms with Gasteiger partial charge in [0.1, 0.15) is 11.2 Å². The molecule has 3 heteroatoms. The molecule has 0 aliphatic heterocycles. The van der Waals surface area contributed by atoms with Gasteiger partial charge in [-0.15, -0.1) is 0 Å². The molecule has 0 radical (unpaired) electrons. The first kappa shape index (κ1) is 40.1. The highest BCUT2D eigenvalue weighted by Gasteiger charge is 2.20. The van der Waals surface area contributed by atoms with Crippen LogP contribution in [-0.4, -0.2) is 4.57 Å². The zero-order chi connectivity index (χ0) is 45.7. The fourth-order valence-corrected chi connectivity index (χ4v) is 10.3. The molecule has 2 aromatic heterocycles.